The van der Waals surface area contributed by atoms with Crippen LogP contribution >= 0.6 is 0 Å². The van der Waals surface area contributed by atoms with Crippen molar-refractivity contribution in [2.75, 3.05) is 13.1 Å². The first-order valence-electron chi connectivity index (χ1n) is 6.00. The van der Waals surface area contributed by atoms with Gasteiger partial charge < -0.3 is 15.4 Å². The van der Waals surface area contributed by atoms with Crippen LogP contribution in [0.5, 0.6) is 0 Å². The van der Waals surface area contributed by atoms with Crippen molar-refractivity contribution in [3.05, 3.63) is 12.2 Å². The third-order valence-electron chi connectivity index (χ3n) is 2.59. The summed E-state index contributed by atoms with van der Waals surface area (Å²) in [6.07, 6.45) is 2.71. The van der Waals surface area contributed by atoms with E-state index in [2.05, 4.69) is 10.6 Å². The summed E-state index contributed by atoms with van der Waals surface area (Å²) < 4.78 is 0. The second-order valence-corrected chi connectivity index (χ2v) is 4.11. The number of hydrogen-bond acceptors (Lipinski definition) is 5. The zero-order valence-electron chi connectivity index (χ0n) is 10.9. The molecule has 1 atom stereocenters. The van der Waals surface area contributed by atoms with E-state index in [-0.39, 0.29) is 19.5 Å². The Morgan fingerprint density at radius 3 is 2.45 bits per heavy atom. The maximum atomic E-state index is 11.6. The normalized spacial score (nSPS) is 15.2. The molecule has 0 aliphatic carbocycles. The highest BCUT2D eigenvalue weighted by molar-refractivity contribution is 6.13. The van der Waals surface area contributed by atoms with Crippen LogP contribution in [0.1, 0.15) is 13.3 Å². The fourth-order valence-electron chi connectivity index (χ4n) is 1.54. The first-order chi connectivity index (χ1) is 9.45. The number of rotatable bonds is 7. The maximum absolute atomic E-state index is 11.6. The molecular weight excluding hydrogens is 266 g/mol. The fourth-order valence-corrected chi connectivity index (χ4v) is 1.54. The molecule has 1 aliphatic rings. The molecule has 1 rings (SSSR count). The quantitative estimate of drug-likeness (QED) is 0.419. The largest absolute Gasteiger partial charge is 0.348 e. The molecule has 0 saturated heterocycles. The van der Waals surface area contributed by atoms with E-state index in [1.165, 1.54) is 6.92 Å². The molecule has 8 heteroatoms. The highest BCUT2D eigenvalue weighted by atomic mass is 16.2. The van der Waals surface area contributed by atoms with Gasteiger partial charge in [0.2, 0.25) is 11.8 Å². The van der Waals surface area contributed by atoms with Gasteiger partial charge in [-0.2, -0.15) is 0 Å². The maximum Gasteiger partial charge on any atom is 0.253 e. The molecule has 2 N–H and O–H groups in total. The minimum Gasteiger partial charge on any atom is -0.348 e. The Balaban J connectivity index is 2.33. The minimum absolute atomic E-state index is 0.0425. The van der Waals surface area contributed by atoms with Crippen LogP contribution in [-0.4, -0.2) is 53.9 Å². The molecule has 108 valence electrons. The Kier molecular flexibility index (Phi) is 5.57. The molecule has 4 amide bonds. The lowest BCUT2D eigenvalue weighted by Crippen LogP contribution is -2.46. The molecular formula is C12H15N3O5. The summed E-state index contributed by atoms with van der Waals surface area (Å²) >= 11 is 0. The second-order valence-electron chi connectivity index (χ2n) is 4.11. The van der Waals surface area contributed by atoms with E-state index in [0.29, 0.717) is 6.29 Å². The van der Waals surface area contributed by atoms with Gasteiger partial charge in [0.05, 0.1) is 6.54 Å². The summed E-state index contributed by atoms with van der Waals surface area (Å²) in [5, 5.41) is 4.70. The molecule has 0 spiro atoms. The predicted molar refractivity (Wildman–Crippen MR) is 67.2 cm³/mol. The molecule has 1 heterocycles. The van der Waals surface area contributed by atoms with Crippen molar-refractivity contribution in [1.82, 2.24) is 15.5 Å². The predicted octanol–water partition coefficient (Wildman–Crippen LogP) is -1.88. The molecule has 0 radical (unpaired) electrons. The van der Waals surface area contributed by atoms with E-state index in [4.69, 9.17) is 0 Å². The number of amides is 4. The number of nitrogens with zero attached hydrogens (tertiary/aromatic N) is 1. The van der Waals surface area contributed by atoms with Crippen LogP contribution in [0.3, 0.4) is 0 Å². The van der Waals surface area contributed by atoms with Crippen LogP contribution in [0.4, 0.5) is 0 Å². The van der Waals surface area contributed by atoms with Gasteiger partial charge >= 0.3 is 0 Å². The summed E-state index contributed by atoms with van der Waals surface area (Å²) in [4.78, 5) is 56.5. The van der Waals surface area contributed by atoms with E-state index in [9.17, 15) is 24.0 Å². The standard InChI is InChI=1S/C12H15N3O5/c1-8(12(20)13-5-7-16)14-9(17)4-6-15-10(18)2-3-11(15)19/h2-3,7-8H,4-6H2,1H3,(H,13,20)(H,14,17). The summed E-state index contributed by atoms with van der Waals surface area (Å²) in [5.74, 6) is -1.87. The molecule has 8 nitrogen and oxygen atoms in total. The van der Waals surface area contributed by atoms with Crippen molar-refractivity contribution in [3.8, 4) is 0 Å². The second kappa shape index (κ2) is 7.17. The van der Waals surface area contributed by atoms with Crippen LogP contribution < -0.4 is 10.6 Å². The monoisotopic (exact) mass is 281 g/mol. The third kappa shape index (κ3) is 4.30. The number of hydrogen-bond donors (Lipinski definition) is 2. The zero-order valence-corrected chi connectivity index (χ0v) is 10.9. The fraction of sp³-hybridized carbons (Fsp3) is 0.417. The van der Waals surface area contributed by atoms with E-state index in [1.807, 2.05) is 0 Å². The van der Waals surface area contributed by atoms with Gasteiger partial charge in [0.1, 0.15) is 12.3 Å². The Labute approximate surface area is 115 Å². The molecule has 0 aromatic carbocycles. The number of carbonyl (C=O) groups is 5. The molecule has 0 saturated carbocycles. The molecule has 1 unspecified atom stereocenters. The number of carbonyl (C=O) groups excluding carboxylic acids is 5. The van der Waals surface area contributed by atoms with Gasteiger partial charge in [-0.05, 0) is 6.92 Å². The van der Waals surface area contributed by atoms with Gasteiger partial charge in [-0.3, -0.25) is 24.1 Å². The lowest BCUT2D eigenvalue weighted by molar-refractivity contribution is -0.137. The van der Waals surface area contributed by atoms with Gasteiger partial charge in [0.25, 0.3) is 11.8 Å². The Morgan fingerprint density at radius 1 is 1.30 bits per heavy atom. The average molecular weight is 281 g/mol. The van der Waals surface area contributed by atoms with Gasteiger partial charge in [-0.25, -0.2) is 0 Å². The minimum atomic E-state index is -0.800. The van der Waals surface area contributed by atoms with Crippen LogP contribution in [0.2, 0.25) is 0 Å². The first kappa shape index (κ1) is 15.5. The molecule has 0 aromatic rings. The zero-order chi connectivity index (χ0) is 15.1. The number of nitrogens with one attached hydrogen (secondary N) is 2. The smallest absolute Gasteiger partial charge is 0.253 e. The molecule has 0 bridgehead atoms. The van der Waals surface area contributed by atoms with Crippen molar-refractivity contribution in [2.45, 2.75) is 19.4 Å². The van der Waals surface area contributed by atoms with Crippen LogP contribution in [0.15, 0.2) is 12.2 Å². The van der Waals surface area contributed by atoms with E-state index in [0.717, 1.165) is 17.1 Å². The Bertz CT molecular complexity index is 454. The van der Waals surface area contributed by atoms with Gasteiger partial charge in [-0.1, -0.05) is 0 Å². The molecule has 20 heavy (non-hydrogen) atoms. The van der Waals surface area contributed by atoms with E-state index >= 15 is 0 Å². The summed E-state index contributed by atoms with van der Waals surface area (Å²) in [7, 11) is 0. The Morgan fingerprint density at radius 2 is 1.90 bits per heavy atom. The highest BCUT2D eigenvalue weighted by Gasteiger charge is 2.24. The molecule has 1 aliphatic heterocycles. The topological polar surface area (TPSA) is 113 Å². The lowest BCUT2D eigenvalue weighted by Gasteiger charge is -2.15. The number of aldehydes is 1. The summed E-state index contributed by atoms with van der Waals surface area (Å²) in [6, 6.07) is -0.800. The molecule has 0 aromatic heterocycles. The van der Waals surface area contributed by atoms with Crippen molar-refractivity contribution >= 4 is 29.9 Å². The van der Waals surface area contributed by atoms with Crippen molar-refractivity contribution < 1.29 is 24.0 Å². The van der Waals surface area contributed by atoms with Gasteiger partial charge in [0, 0.05) is 25.1 Å². The first-order valence-corrected chi connectivity index (χ1v) is 6.00. The van der Waals surface area contributed by atoms with Crippen molar-refractivity contribution in [3.63, 3.8) is 0 Å². The average Bonchev–Trinajstić information content (AvgIpc) is 2.73. The number of imide groups is 1. The van der Waals surface area contributed by atoms with Gasteiger partial charge in [-0.15, -0.1) is 0 Å². The van der Waals surface area contributed by atoms with Crippen LogP contribution in [0, 0.1) is 0 Å². The van der Waals surface area contributed by atoms with E-state index in [1.54, 1.807) is 0 Å². The summed E-state index contributed by atoms with van der Waals surface area (Å²) in [5.41, 5.74) is 0. The van der Waals surface area contributed by atoms with Gasteiger partial charge in [0.15, 0.2) is 0 Å². The van der Waals surface area contributed by atoms with E-state index < -0.39 is 29.7 Å². The van der Waals surface area contributed by atoms with Crippen molar-refractivity contribution in [1.29, 1.82) is 0 Å². The van der Waals surface area contributed by atoms with Crippen LogP contribution in [-0.2, 0) is 24.0 Å². The lowest BCUT2D eigenvalue weighted by atomic mass is 10.3. The highest BCUT2D eigenvalue weighted by Crippen LogP contribution is 2.04. The van der Waals surface area contributed by atoms with Crippen LogP contribution in [0.25, 0.3) is 0 Å². The van der Waals surface area contributed by atoms with Crippen molar-refractivity contribution in [2.24, 2.45) is 0 Å². The third-order valence-corrected chi connectivity index (χ3v) is 2.59. The Hall–Kier alpha value is -2.51. The summed E-state index contributed by atoms with van der Waals surface area (Å²) in [6.45, 7) is 1.30. The SMILES string of the molecule is CC(NC(=O)CCN1C(=O)C=CC1=O)C(=O)NCC=O. The molecule has 0 fully saturated rings.